The summed E-state index contributed by atoms with van der Waals surface area (Å²) in [4.78, 5) is 29.7. The SMILES string of the molecule is Cc1c(C(=O)O)sc2nc3n(c(=O)c12)CCC3=Cc1ccc(OCCC(C)C)cc1. The lowest BCUT2D eigenvalue weighted by Gasteiger charge is -2.08. The molecule has 0 fully saturated rings. The molecule has 0 unspecified atom stereocenters. The van der Waals surface area contributed by atoms with Gasteiger partial charge in [-0.3, -0.25) is 9.36 Å². The molecule has 3 aromatic rings. The first-order chi connectivity index (χ1) is 14.3. The van der Waals surface area contributed by atoms with Crippen LogP contribution in [0.3, 0.4) is 0 Å². The zero-order chi connectivity index (χ0) is 21.4. The van der Waals surface area contributed by atoms with Crippen LogP contribution in [-0.2, 0) is 6.54 Å². The quantitative estimate of drug-likeness (QED) is 0.613. The first-order valence-electron chi connectivity index (χ1n) is 10.1. The minimum atomic E-state index is -1.02. The largest absolute Gasteiger partial charge is 0.494 e. The summed E-state index contributed by atoms with van der Waals surface area (Å²) in [6, 6.07) is 7.89. The van der Waals surface area contributed by atoms with Crippen LogP contribution in [0.25, 0.3) is 21.9 Å². The number of aromatic nitrogens is 2. The van der Waals surface area contributed by atoms with E-state index < -0.39 is 5.97 Å². The number of nitrogens with zero attached hydrogens (tertiary/aromatic N) is 2. The maximum absolute atomic E-state index is 13.0. The van der Waals surface area contributed by atoms with Crippen molar-refractivity contribution in [1.29, 1.82) is 0 Å². The highest BCUT2D eigenvalue weighted by Crippen LogP contribution is 2.32. The number of fused-ring (bicyclic) bond motifs is 2. The Balaban J connectivity index is 1.64. The molecule has 0 saturated carbocycles. The maximum Gasteiger partial charge on any atom is 0.346 e. The van der Waals surface area contributed by atoms with Gasteiger partial charge < -0.3 is 9.84 Å². The van der Waals surface area contributed by atoms with Crippen molar-refractivity contribution in [2.75, 3.05) is 6.61 Å². The third-order valence-corrected chi connectivity index (χ3v) is 6.50. The summed E-state index contributed by atoms with van der Waals surface area (Å²) in [5, 5.41) is 9.79. The number of aryl methyl sites for hydroxylation is 1. The lowest BCUT2D eigenvalue weighted by molar-refractivity contribution is 0.0701. The number of carboxylic acids is 1. The molecule has 3 heterocycles. The predicted octanol–water partition coefficient (Wildman–Crippen LogP) is 4.83. The van der Waals surface area contributed by atoms with Crippen molar-refractivity contribution in [2.24, 2.45) is 5.92 Å². The zero-order valence-corrected chi connectivity index (χ0v) is 18.1. The Hall–Kier alpha value is -2.93. The molecule has 1 N–H and O–H groups in total. The molecule has 0 aliphatic carbocycles. The van der Waals surface area contributed by atoms with Crippen LogP contribution >= 0.6 is 11.3 Å². The van der Waals surface area contributed by atoms with Gasteiger partial charge in [0.15, 0.2) is 0 Å². The van der Waals surface area contributed by atoms with E-state index in [1.54, 1.807) is 11.5 Å². The fourth-order valence-electron chi connectivity index (χ4n) is 3.63. The molecule has 1 aliphatic heterocycles. The van der Waals surface area contributed by atoms with E-state index in [1.165, 1.54) is 0 Å². The highest BCUT2D eigenvalue weighted by molar-refractivity contribution is 7.20. The third-order valence-electron chi connectivity index (χ3n) is 5.32. The highest BCUT2D eigenvalue weighted by atomic mass is 32.1. The van der Waals surface area contributed by atoms with Gasteiger partial charge in [-0.25, -0.2) is 9.78 Å². The molecule has 0 amide bonds. The first-order valence-corrected chi connectivity index (χ1v) is 10.9. The second kappa shape index (κ2) is 8.07. The van der Waals surface area contributed by atoms with Gasteiger partial charge in [-0.05, 0) is 60.6 Å². The first kappa shape index (κ1) is 20.3. The standard InChI is InChI=1S/C23H24N2O4S/c1-13(2)9-11-29-17-6-4-15(5-7-17)12-16-8-10-25-20(16)24-21-18(22(25)26)14(3)19(30-21)23(27)28/h4-7,12-13H,8-11H2,1-3H3,(H,27,28). The lowest BCUT2D eigenvalue weighted by Crippen LogP contribution is -2.20. The second-order valence-electron chi connectivity index (χ2n) is 7.95. The molecule has 6 nitrogen and oxygen atoms in total. The van der Waals surface area contributed by atoms with Crippen molar-refractivity contribution >= 4 is 39.2 Å². The van der Waals surface area contributed by atoms with Crippen LogP contribution in [0, 0.1) is 12.8 Å². The molecule has 1 aromatic carbocycles. The number of aromatic carboxylic acids is 1. The molecular weight excluding hydrogens is 400 g/mol. The molecule has 4 rings (SSSR count). The van der Waals surface area contributed by atoms with Gasteiger partial charge in [-0.2, -0.15) is 0 Å². The van der Waals surface area contributed by atoms with E-state index in [4.69, 9.17) is 4.74 Å². The van der Waals surface area contributed by atoms with Crippen molar-refractivity contribution in [2.45, 2.75) is 40.2 Å². The topological polar surface area (TPSA) is 81.4 Å². The molecule has 7 heteroatoms. The Morgan fingerprint density at radius 3 is 2.73 bits per heavy atom. The summed E-state index contributed by atoms with van der Waals surface area (Å²) in [5.41, 5.74) is 2.33. The average Bonchev–Trinajstić information content (AvgIpc) is 3.25. The third kappa shape index (κ3) is 3.77. The van der Waals surface area contributed by atoms with Crippen LogP contribution in [0.2, 0.25) is 0 Å². The van der Waals surface area contributed by atoms with Gasteiger partial charge in [-0.1, -0.05) is 26.0 Å². The number of hydrogen-bond acceptors (Lipinski definition) is 5. The van der Waals surface area contributed by atoms with E-state index in [0.29, 0.717) is 40.7 Å². The van der Waals surface area contributed by atoms with E-state index in [0.717, 1.165) is 41.1 Å². The monoisotopic (exact) mass is 424 g/mol. The van der Waals surface area contributed by atoms with Crippen molar-refractivity contribution in [3.05, 3.63) is 56.4 Å². The highest BCUT2D eigenvalue weighted by Gasteiger charge is 2.25. The Morgan fingerprint density at radius 1 is 1.33 bits per heavy atom. The van der Waals surface area contributed by atoms with Gasteiger partial charge in [0, 0.05) is 6.54 Å². The van der Waals surface area contributed by atoms with Crippen LogP contribution in [0.15, 0.2) is 29.1 Å². The van der Waals surface area contributed by atoms with E-state index >= 15 is 0 Å². The van der Waals surface area contributed by atoms with Gasteiger partial charge in [0.25, 0.3) is 5.56 Å². The number of carboxylic acid groups (broad SMARTS) is 1. The molecule has 0 radical (unpaired) electrons. The van der Waals surface area contributed by atoms with Gasteiger partial charge >= 0.3 is 5.97 Å². The van der Waals surface area contributed by atoms with Crippen molar-refractivity contribution in [3.63, 3.8) is 0 Å². The van der Waals surface area contributed by atoms with Crippen molar-refractivity contribution in [1.82, 2.24) is 9.55 Å². The van der Waals surface area contributed by atoms with Crippen LogP contribution in [0.4, 0.5) is 0 Å². The minimum absolute atomic E-state index is 0.159. The number of benzene rings is 1. The summed E-state index contributed by atoms with van der Waals surface area (Å²) in [5.74, 6) is 1.06. The summed E-state index contributed by atoms with van der Waals surface area (Å²) in [6.45, 7) is 7.27. The van der Waals surface area contributed by atoms with Gasteiger partial charge in [-0.15, -0.1) is 11.3 Å². The van der Waals surface area contributed by atoms with E-state index in [2.05, 4.69) is 18.8 Å². The average molecular weight is 425 g/mol. The summed E-state index contributed by atoms with van der Waals surface area (Å²) in [7, 11) is 0. The van der Waals surface area contributed by atoms with Crippen LogP contribution in [0.1, 0.15) is 53.3 Å². The van der Waals surface area contributed by atoms with Gasteiger partial charge in [0.05, 0.1) is 12.0 Å². The molecule has 0 bridgehead atoms. The number of allylic oxidation sites excluding steroid dienone is 1. The summed E-state index contributed by atoms with van der Waals surface area (Å²) >= 11 is 1.06. The number of hydrogen-bond donors (Lipinski definition) is 1. The molecule has 0 saturated heterocycles. The smallest absolute Gasteiger partial charge is 0.346 e. The predicted molar refractivity (Wildman–Crippen MR) is 119 cm³/mol. The molecular formula is C23H24N2O4S. The molecule has 0 atom stereocenters. The van der Waals surface area contributed by atoms with Crippen molar-refractivity contribution in [3.8, 4) is 5.75 Å². The zero-order valence-electron chi connectivity index (χ0n) is 17.3. The Kier molecular flexibility index (Phi) is 5.47. The second-order valence-corrected chi connectivity index (χ2v) is 8.95. The lowest BCUT2D eigenvalue weighted by atomic mass is 10.1. The molecule has 156 valence electrons. The fourth-order valence-corrected chi connectivity index (χ4v) is 4.64. The fraction of sp³-hybridized carbons (Fsp3) is 0.348. The Morgan fingerprint density at radius 2 is 2.07 bits per heavy atom. The van der Waals surface area contributed by atoms with Crippen LogP contribution in [-0.4, -0.2) is 27.2 Å². The molecule has 1 aliphatic rings. The Bertz CT molecular complexity index is 1200. The van der Waals surface area contributed by atoms with E-state index in [9.17, 15) is 14.7 Å². The molecule has 2 aromatic heterocycles. The van der Waals surface area contributed by atoms with E-state index in [1.807, 2.05) is 30.3 Å². The van der Waals surface area contributed by atoms with Gasteiger partial charge in [0.2, 0.25) is 0 Å². The number of rotatable bonds is 6. The number of ether oxygens (including phenoxy) is 1. The van der Waals surface area contributed by atoms with Crippen LogP contribution < -0.4 is 10.3 Å². The summed E-state index contributed by atoms with van der Waals surface area (Å²) in [6.07, 6.45) is 3.77. The van der Waals surface area contributed by atoms with Crippen LogP contribution in [0.5, 0.6) is 5.75 Å². The summed E-state index contributed by atoms with van der Waals surface area (Å²) < 4.78 is 7.43. The van der Waals surface area contributed by atoms with E-state index in [-0.39, 0.29) is 10.4 Å². The number of thiophene rings is 1. The number of carbonyl (C=O) groups is 1. The van der Waals surface area contributed by atoms with Crippen molar-refractivity contribution < 1.29 is 14.6 Å². The molecule has 0 spiro atoms. The Labute approximate surface area is 178 Å². The normalized spacial score (nSPS) is 14.6. The maximum atomic E-state index is 13.0. The van der Waals surface area contributed by atoms with Gasteiger partial charge in [0.1, 0.15) is 21.3 Å². The minimum Gasteiger partial charge on any atom is -0.494 e. The molecule has 30 heavy (non-hydrogen) atoms.